The SMILES string of the molecule is CCCCNC(=O)Nc1ccncc1F. The van der Waals surface area contributed by atoms with Gasteiger partial charge in [0, 0.05) is 12.7 Å². The van der Waals surface area contributed by atoms with Crippen LogP contribution in [0.5, 0.6) is 0 Å². The van der Waals surface area contributed by atoms with Crippen LogP contribution in [-0.2, 0) is 0 Å². The summed E-state index contributed by atoms with van der Waals surface area (Å²) in [6, 6.07) is 1.02. The van der Waals surface area contributed by atoms with E-state index in [-0.39, 0.29) is 5.69 Å². The molecule has 0 saturated carbocycles. The van der Waals surface area contributed by atoms with Crippen LogP contribution in [0.2, 0.25) is 0 Å². The number of rotatable bonds is 4. The van der Waals surface area contributed by atoms with E-state index < -0.39 is 11.8 Å². The van der Waals surface area contributed by atoms with Gasteiger partial charge in [0.25, 0.3) is 0 Å². The van der Waals surface area contributed by atoms with E-state index in [0.29, 0.717) is 6.54 Å². The lowest BCUT2D eigenvalue weighted by Gasteiger charge is -2.07. The molecule has 0 fully saturated rings. The Morgan fingerprint density at radius 2 is 2.40 bits per heavy atom. The van der Waals surface area contributed by atoms with E-state index in [4.69, 9.17) is 0 Å². The molecule has 0 aliphatic rings. The van der Waals surface area contributed by atoms with Gasteiger partial charge in [-0.3, -0.25) is 4.98 Å². The van der Waals surface area contributed by atoms with E-state index in [1.807, 2.05) is 6.92 Å². The van der Waals surface area contributed by atoms with Crippen molar-refractivity contribution in [1.29, 1.82) is 0 Å². The highest BCUT2D eigenvalue weighted by molar-refractivity contribution is 5.89. The van der Waals surface area contributed by atoms with Gasteiger partial charge >= 0.3 is 6.03 Å². The summed E-state index contributed by atoms with van der Waals surface area (Å²) in [5.41, 5.74) is 0.138. The summed E-state index contributed by atoms with van der Waals surface area (Å²) in [5, 5.41) is 5.03. The fraction of sp³-hybridized carbons (Fsp3) is 0.400. The summed E-state index contributed by atoms with van der Waals surface area (Å²) in [6.45, 7) is 2.62. The molecule has 0 atom stereocenters. The largest absolute Gasteiger partial charge is 0.338 e. The number of amides is 2. The lowest BCUT2D eigenvalue weighted by Crippen LogP contribution is -2.29. The Morgan fingerprint density at radius 1 is 1.60 bits per heavy atom. The fourth-order valence-corrected chi connectivity index (χ4v) is 1.02. The predicted molar refractivity (Wildman–Crippen MR) is 56.1 cm³/mol. The van der Waals surface area contributed by atoms with Crippen LogP contribution in [-0.4, -0.2) is 17.6 Å². The standard InChI is InChI=1S/C10H14FN3O/c1-2-3-5-13-10(15)14-9-4-6-12-7-8(9)11/h4,6-7H,2-3,5H2,1H3,(H2,12,13,14,15). The molecule has 0 aliphatic heterocycles. The van der Waals surface area contributed by atoms with Crippen molar-refractivity contribution in [2.45, 2.75) is 19.8 Å². The number of anilines is 1. The first-order valence-electron chi connectivity index (χ1n) is 4.88. The summed E-state index contributed by atoms with van der Waals surface area (Å²) in [6.07, 6.45) is 4.39. The maximum absolute atomic E-state index is 13.0. The van der Waals surface area contributed by atoms with Gasteiger partial charge in [0.1, 0.15) is 0 Å². The number of aromatic nitrogens is 1. The van der Waals surface area contributed by atoms with Crippen LogP contribution < -0.4 is 10.6 Å². The minimum absolute atomic E-state index is 0.138. The molecule has 0 aliphatic carbocycles. The number of urea groups is 1. The van der Waals surface area contributed by atoms with Crippen molar-refractivity contribution in [3.63, 3.8) is 0 Å². The predicted octanol–water partition coefficient (Wildman–Crippen LogP) is 2.14. The quantitative estimate of drug-likeness (QED) is 0.750. The summed E-state index contributed by atoms with van der Waals surface area (Å²) < 4.78 is 13.0. The monoisotopic (exact) mass is 211 g/mol. The Labute approximate surface area is 87.9 Å². The highest BCUT2D eigenvalue weighted by Gasteiger charge is 2.04. The molecule has 0 aromatic carbocycles. The molecule has 82 valence electrons. The Kier molecular flexibility index (Phi) is 4.53. The average molecular weight is 211 g/mol. The summed E-state index contributed by atoms with van der Waals surface area (Å²) >= 11 is 0. The van der Waals surface area contributed by atoms with Crippen LogP contribution in [0.4, 0.5) is 14.9 Å². The molecular weight excluding hydrogens is 197 g/mol. The minimum atomic E-state index is -0.539. The van der Waals surface area contributed by atoms with E-state index in [1.54, 1.807) is 0 Å². The van der Waals surface area contributed by atoms with Crippen LogP contribution in [0, 0.1) is 5.82 Å². The van der Waals surface area contributed by atoms with Crippen LogP contribution in [0.25, 0.3) is 0 Å². The normalized spacial score (nSPS) is 9.73. The number of nitrogens with one attached hydrogen (secondary N) is 2. The molecule has 15 heavy (non-hydrogen) atoms. The Hall–Kier alpha value is -1.65. The van der Waals surface area contributed by atoms with Crippen molar-refractivity contribution < 1.29 is 9.18 Å². The number of hydrogen-bond donors (Lipinski definition) is 2. The third-order valence-corrected chi connectivity index (χ3v) is 1.84. The molecule has 1 aromatic rings. The second kappa shape index (κ2) is 5.95. The van der Waals surface area contributed by atoms with E-state index >= 15 is 0 Å². The van der Waals surface area contributed by atoms with Crippen LogP contribution >= 0.6 is 0 Å². The lowest BCUT2D eigenvalue weighted by molar-refractivity contribution is 0.252. The maximum atomic E-state index is 13.0. The van der Waals surface area contributed by atoms with Crippen molar-refractivity contribution in [1.82, 2.24) is 10.3 Å². The number of pyridine rings is 1. The van der Waals surface area contributed by atoms with Crippen molar-refractivity contribution in [3.05, 3.63) is 24.3 Å². The highest BCUT2D eigenvalue weighted by atomic mass is 19.1. The molecule has 2 amide bonds. The summed E-state index contributed by atoms with van der Waals surface area (Å²) in [4.78, 5) is 14.8. The van der Waals surface area contributed by atoms with Crippen LogP contribution in [0.15, 0.2) is 18.5 Å². The number of carbonyl (C=O) groups is 1. The number of halogens is 1. The molecular formula is C10H14FN3O. The van der Waals surface area contributed by atoms with Crippen molar-refractivity contribution in [2.75, 3.05) is 11.9 Å². The molecule has 1 rings (SSSR count). The van der Waals surface area contributed by atoms with E-state index in [9.17, 15) is 9.18 Å². The van der Waals surface area contributed by atoms with E-state index in [0.717, 1.165) is 19.0 Å². The lowest BCUT2D eigenvalue weighted by atomic mass is 10.3. The molecule has 1 heterocycles. The first kappa shape index (κ1) is 11.4. The smallest absolute Gasteiger partial charge is 0.319 e. The first-order valence-corrected chi connectivity index (χ1v) is 4.88. The molecule has 0 radical (unpaired) electrons. The number of unbranched alkanes of at least 4 members (excludes halogenated alkanes) is 1. The molecule has 4 nitrogen and oxygen atoms in total. The number of hydrogen-bond acceptors (Lipinski definition) is 2. The van der Waals surface area contributed by atoms with Gasteiger partial charge in [-0.25, -0.2) is 9.18 Å². The van der Waals surface area contributed by atoms with Crippen LogP contribution in [0.3, 0.4) is 0 Å². The zero-order valence-corrected chi connectivity index (χ0v) is 8.59. The molecule has 0 spiro atoms. The molecule has 5 heteroatoms. The fourth-order valence-electron chi connectivity index (χ4n) is 1.02. The van der Waals surface area contributed by atoms with Gasteiger partial charge in [-0.2, -0.15) is 0 Å². The molecule has 0 saturated heterocycles. The Morgan fingerprint density at radius 3 is 3.07 bits per heavy atom. The molecule has 0 bridgehead atoms. The molecule has 2 N–H and O–H groups in total. The first-order chi connectivity index (χ1) is 7.24. The molecule has 0 unspecified atom stereocenters. The highest BCUT2D eigenvalue weighted by Crippen LogP contribution is 2.09. The Bertz CT molecular complexity index is 330. The zero-order valence-electron chi connectivity index (χ0n) is 8.59. The van der Waals surface area contributed by atoms with Gasteiger partial charge in [-0.05, 0) is 12.5 Å². The Balaban J connectivity index is 2.41. The van der Waals surface area contributed by atoms with E-state index in [1.165, 1.54) is 12.3 Å². The van der Waals surface area contributed by atoms with Gasteiger partial charge in [0.05, 0.1) is 11.9 Å². The van der Waals surface area contributed by atoms with Crippen molar-refractivity contribution >= 4 is 11.7 Å². The topological polar surface area (TPSA) is 54.0 Å². The van der Waals surface area contributed by atoms with Crippen molar-refractivity contribution in [3.8, 4) is 0 Å². The van der Waals surface area contributed by atoms with Gasteiger partial charge in [0.15, 0.2) is 5.82 Å². The zero-order chi connectivity index (χ0) is 11.1. The van der Waals surface area contributed by atoms with Gasteiger partial charge < -0.3 is 10.6 Å². The van der Waals surface area contributed by atoms with Gasteiger partial charge in [0.2, 0.25) is 0 Å². The number of nitrogens with zero attached hydrogens (tertiary/aromatic N) is 1. The third-order valence-electron chi connectivity index (χ3n) is 1.84. The minimum Gasteiger partial charge on any atom is -0.338 e. The average Bonchev–Trinajstić information content (AvgIpc) is 2.22. The number of carbonyl (C=O) groups excluding carboxylic acids is 1. The molecule has 1 aromatic heterocycles. The van der Waals surface area contributed by atoms with E-state index in [2.05, 4.69) is 15.6 Å². The summed E-state index contributed by atoms with van der Waals surface area (Å²) in [5.74, 6) is -0.539. The van der Waals surface area contributed by atoms with Gasteiger partial charge in [-0.1, -0.05) is 13.3 Å². The van der Waals surface area contributed by atoms with Crippen LogP contribution in [0.1, 0.15) is 19.8 Å². The third kappa shape index (κ3) is 3.93. The second-order valence-electron chi connectivity index (χ2n) is 3.09. The van der Waals surface area contributed by atoms with Gasteiger partial charge in [-0.15, -0.1) is 0 Å². The maximum Gasteiger partial charge on any atom is 0.319 e. The summed E-state index contributed by atoms with van der Waals surface area (Å²) in [7, 11) is 0. The van der Waals surface area contributed by atoms with Crippen molar-refractivity contribution in [2.24, 2.45) is 0 Å². The second-order valence-corrected chi connectivity index (χ2v) is 3.09.